The average molecular weight is 263 g/mol. The summed E-state index contributed by atoms with van der Waals surface area (Å²) in [4.78, 5) is 13.5. The molecule has 0 bridgehead atoms. The van der Waals surface area contributed by atoms with Gasteiger partial charge >= 0.3 is 5.63 Å². The lowest BCUT2D eigenvalue weighted by molar-refractivity contribution is 0.290. The van der Waals surface area contributed by atoms with Gasteiger partial charge in [-0.2, -0.15) is 0 Å². The van der Waals surface area contributed by atoms with Crippen LogP contribution in [-0.4, -0.2) is 32.4 Å². The zero-order valence-corrected chi connectivity index (χ0v) is 11.0. The van der Waals surface area contributed by atoms with Gasteiger partial charge in [-0.1, -0.05) is 0 Å². The van der Waals surface area contributed by atoms with Gasteiger partial charge in [-0.05, 0) is 18.6 Å². The molecule has 1 N–H and O–H groups in total. The van der Waals surface area contributed by atoms with E-state index >= 15 is 0 Å². The monoisotopic (exact) mass is 263 g/mol. The summed E-state index contributed by atoms with van der Waals surface area (Å²) in [6, 6.07) is 6.85. The highest BCUT2D eigenvalue weighted by Crippen LogP contribution is 2.27. The molecule has 0 spiro atoms. The SMILES string of the molecule is COc1ccc2c(N(C)CCCO)cc(=O)oc2c1. The molecule has 1 heterocycles. The number of fused-ring (bicyclic) bond motifs is 1. The van der Waals surface area contributed by atoms with E-state index in [4.69, 9.17) is 14.3 Å². The fourth-order valence-electron chi connectivity index (χ4n) is 2.00. The predicted octanol–water partition coefficient (Wildman–Crippen LogP) is 1.62. The predicted molar refractivity (Wildman–Crippen MR) is 74.0 cm³/mol. The largest absolute Gasteiger partial charge is 0.497 e. The van der Waals surface area contributed by atoms with Crippen molar-refractivity contribution in [2.24, 2.45) is 0 Å². The van der Waals surface area contributed by atoms with Crippen LogP contribution in [0.5, 0.6) is 5.75 Å². The zero-order valence-electron chi connectivity index (χ0n) is 11.0. The Morgan fingerprint density at radius 1 is 1.37 bits per heavy atom. The Morgan fingerprint density at radius 3 is 2.84 bits per heavy atom. The van der Waals surface area contributed by atoms with E-state index in [1.807, 2.05) is 24.1 Å². The van der Waals surface area contributed by atoms with Crippen molar-refractivity contribution >= 4 is 16.7 Å². The zero-order chi connectivity index (χ0) is 13.8. The van der Waals surface area contributed by atoms with Crippen LogP contribution in [0.1, 0.15) is 6.42 Å². The Labute approximate surface area is 111 Å². The first-order valence-electron chi connectivity index (χ1n) is 6.09. The van der Waals surface area contributed by atoms with Crippen molar-refractivity contribution in [3.05, 3.63) is 34.7 Å². The van der Waals surface area contributed by atoms with Crippen LogP contribution in [0.2, 0.25) is 0 Å². The standard InChI is InChI=1S/C14H17NO4/c1-15(6-3-7-16)12-9-14(17)19-13-8-10(18-2)4-5-11(12)13/h4-5,8-9,16H,3,6-7H2,1-2H3. The van der Waals surface area contributed by atoms with Gasteiger partial charge in [0.2, 0.25) is 0 Å². The number of anilines is 1. The summed E-state index contributed by atoms with van der Waals surface area (Å²) in [5.41, 5.74) is 0.895. The van der Waals surface area contributed by atoms with Gasteiger partial charge in [-0.3, -0.25) is 0 Å². The first-order valence-corrected chi connectivity index (χ1v) is 6.09. The van der Waals surface area contributed by atoms with Crippen molar-refractivity contribution in [3.63, 3.8) is 0 Å². The number of nitrogens with zero attached hydrogens (tertiary/aromatic N) is 1. The maximum Gasteiger partial charge on any atom is 0.338 e. The lowest BCUT2D eigenvalue weighted by Crippen LogP contribution is -2.21. The van der Waals surface area contributed by atoms with Crippen LogP contribution in [0, 0.1) is 0 Å². The minimum atomic E-state index is -0.397. The molecule has 19 heavy (non-hydrogen) atoms. The fraction of sp³-hybridized carbons (Fsp3) is 0.357. The number of ether oxygens (including phenoxy) is 1. The van der Waals surface area contributed by atoms with Gasteiger partial charge in [-0.25, -0.2) is 4.79 Å². The Morgan fingerprint density at radius 2 is 2.16 bits per heavy atom. The van der Waals surface area contributed by atoms with Crippen molar-refractivity contribution in [1.82, 2.24) is 0 Å². The summed E-state index contributed by atoms with van der Waals surface area (Å²) in [7, 11) is 3.45. The second kappa shape index (κ2) is 5.75. The third-order valence-corrected chi connectivity index (χ3v) is 2.99. The number of methoxy groups -OCH3 is 1. The molecule has 0 aliphatic carbocycles. The van der Waals surface area contributed by atoms with Crippen LogP contribution >= 0.6 is 0 Å². The number of aliphatic hydroxyl groups excluding tert-OH is 1. The molecule has 2 rings (SSSR count). The third kappa shape index (κ3) is 2.88. The maximum absolute atomic E-state index is 11.6. The van der Waals surface area contributed by atoms with Crippen LogP contribution in [-0.2, 0) is 0 Å². The molecule has 0 aliphatic heterocycles. The van der Waals surface area contributed by atoms with Gasteiger partial charge in [-0.15, -0.1) is 0 Å². The van der Waals surface area contributed by atoms with Crippen molar-refractivity contribution in [1.29, 1.82) is 0 Å². The highest BCUT2D eigenvalue weighted by Gasteiger charge is 2.10. The minimum Gasteiger partial charge on any atom is -0.497 e. The van der Waals surface area contributed by atoms with Crippen molar-refractivity contribution < 1.29 is 14.3 Å². The van der Waals surface area contributed by atoms with E-state index in [9.17, 15) is 4.79 Å². The molecule has 0 amide bonds. The lowest BCUT2D eigenvalue weighted by Gasteiger charge is -2.20. The van der Waals surface area contributed by atoms with Gasteiger partial charge in [0.1, 0.15) is 11.3 Å². The Bertz CT molecular complexity index is 620. The van der Waals surface area contributed by atoms with Gasteiger partial charge < -0.3 is 19.2 Å². The summed E-state index contributed by atoms with van der Waals surface area (Å²) in [5.74, 6) is 0.644. The highest BCUT2D eigenvalue weighted by molar-refractivity contribution is 5.90. The molecule has 0 radical (unpaired) electrons. The summed E-state index contributed by atoms with van der Waals surface area (Å²) >= 11 is 0. The molecule has 5 heteroatoms. The van der Waals surface area contributed by atoms with Crippen LogP contribution in [0.3, 0.4) is 0 Å². The van der Waals surface area contributed by atoms with Crippen molar-refractivity contribution in [2.75, 3.05) is 32.2 Å². The van der Waals surface area contributed by atoms with Gasteiger partial charge in [0.15, 0.2) is 0 Å². The highest BCUT2D eigenvalue weighted by atomic mass is 16.5. The van der Waals surface area contributed by atoms with Crippen LogP contribution < -0.4 is 15.3 Å². The van der Waals surface area contributed by atoms with E-state index in [-0.39, 0.29) is 6.61 Å². The van der Waals surface area contributed by atoms with Crippen LogP contribution in [0.15, 0.2) is 33.5 Å². The maximum atomic E-state index is 11.6. The Kier molecular flexibility index (Phi) is 4.06. The second-order valence-corrected chi connectivity index (χ2v) is 4.31. The number of hydrogen-bond donors (Lipinski definition) is 1. The molecule has 0 unspecified atom stereocenters. The topological polar surface area (TPSA) is 62.9 Å². The number of aliphatic hydroxyl groups is 1. The summed E-state index contributed by atoms with van der Waals surface area (Å²) in [6.07, 6.45) is 0.647. The molecule has 0 atom stereocenters. The molecule has 1 aromatic heterocycles. The molecule has 0 saturated carbocycles. The first-order chi connectivity index (χ1) is 9.15. The molecule has 0 aliphatic rings. The molecule has 1 aromatic carbocycles. The summed E-state index contributed by atoms with van der Waals surface area (Å²) in [5, 5.41) is 9.72. The van der Waals surface area contributed by atoms with Crippen molar-refractivity contribution in [3.8, 4) is 5.75 Å². The van der Waals surface area contributed by atoms with Gasteiger partial charge in [0, 0.05) is 37.7 Å². The third-order valence-electron chi connectivity index (χ3n) is 2.99. The molecule has 5 nitrogen and oxygen atoms in total. The molecule has 0 saturated heterocycles. The second-order valence-electron chi connectivity index (χ2n) is 4.31. The molecular formula is C14H17NO4. The molecular weight excluding hydrogens is 246 g/mol. The van der Waals surface area contributed by atoms with Gasteiger partial charge in [0.05, 0.1) is 12.8 Å². The molecule has 0 fully saturated rings. The summed E-state index contributed by atoms with van der Waals surface area (Å²) < 4.78 is 10.3. The Hall–Kier alpha value is -2.01. The first kappa shape index (κ1) is 13.4. The number of hydrogen-bond acceptors (Lipinski definition) is 5. The van der Waals surface area contributed by atoms with Crippen molar-refractivity contribution in [2.45, 2.75) is 6.42 Å². The number of rotatable bonds is 5. The summed E-state index contributed by atoms with van der Waals surface area (Å²) in [6.45, 7) is 0.790. The number of benzene rings is 1. The van der Waals surface area contributed by atoms with E-state index < -0.39 is 5.63 Å². The van der Waals surface area contributed by atoms with Crippen LogP contribution in [0.4, 0.5) is 5.69 Å². The lowest BCUT2D eigenvalue weighted by atomic mass is 10.2. The van der Waals surface area contributed by atoms with Crippen LogP contribution in [0.25, 0.3) is 11.0 Å². The normalized spacial score (nSPS) is 10.7. The minimum absolute atomic E-state index is 0.123. The van der Waals surface area contributed by atoms with E-state index in [2.05, 4.69) is 0 Å². The smallest absolute Gasteiger partial charge is 0.338 e. The molecule has 2 aromatic rings. The van der Waals surface area contributed by atoms with E-state index in [0.717, 1.165) is 11.1 Å². The van der Waals surface area contributed by atoms with E-state index in [1.165, 1.54) is 6.07 Å². The fourth-order valence-corrected chi connectivity index (χ4v) is 2.00. The van der Waals surface area contributed by atoms with Gasteiger partial charge in [0.25, 0.3) is 0 Å². The van der Waals surface area contributed by atoms with E-state index in [0.29, 0.717) is 24.3 Å². The average Bonchev–Trinajstić information content (AvgIpc) is 2.42. The Balaban J connectivity index is 2.51. The van der Waals surface area contributed by atoms with E-state index in [1.54, 1.807) is 13.2 Å². The quantitative estimate of drug-likeness (QED) is 0.830. The molecule has 102 valence electrons.